The molecule has 0 spiro atoms. The molecular weight excluding hydrogens is 542 g/mol. The molecule has 1 aliphatic rings. The van der Waals surface area contributed by atoms with Gasteiger partial charge in [-0.15, -0.1) is 0 Å². The first-order valence-electron chi connectivity index (χ1n) is 11.0. The number of nitrogens with zero attached hydrogens (tertiary/aromatic N) is 1. The Labute approximate surface area is 218 Å². The Morgan fingerprint density at radius 2 is 1.74 bits per heavy atom. The summed E-state index contributed by atoms with van der Waals surface area (Å²) in [5.41, 5.74) is -0.786. The van der Waals surface area contributed by atoms with Gasteiger partial charge in [-0.05, 0) is 49.7 Å². The Bertz CT molecular complexity index is 1290. The Kier molecular flexibility index (Phi) is 8.02. The molecule has 1 saturated heterocycles. The van der Waals surface area contributed by atoms with Crippen LogP contribution in [0.25, 0.3) is 0 Å². The van der Waals surface area contributed by atoms with E-state index in [4.69, 9.17) is 21.6 Å². The third kappa shape index (κ3) is 5.43. The number of amides is 1. The largest absolute Gasteiger partial charge is 0.465 e. The van der Waals surface area contributed by atoms with Crippen molar-refractivity contribution in [3.8, 4) is 6.07 Å². The molecule has 38 heavy (non-hydrogen) atoms. The van der Waals surface area contributed by atoms with Gasteiger partial charge in [0.2, 0.25) is 5.91 Å². The van der Waals surface area contributed by atoms with E-state index in [-0.39, 0.29) is 24.4 Å². The van der Waals surface area contributed by atoms with Crippen LogP contribution < -0.4 is 16.2 Å². The van der Waals surface area contributed by atoms with Gasteiger partial charge in [0, 0.05) is 12.2 Å². The molecule has 1 amide bonds. The lowest BCUT2D eigenvalue weighted by molar-refractivity contribution is -0.158. The number of ether oxygens (including phenoxy) is 1. The van der Waals surface area contributed by atoms with Crippen molar-refractivity contribution in [3.63, 3.8) is 0 Å². The van der Waals surface area contributed by atoms with Gasteiger partial charge in [0.15, 0.2) is 0 Å². The van der Waals surface area contributed by atoms with E-state index in [1.54, 1.807) is 6.92 Å². The summed E-state index contributed by atoms with van der Waals surface area (Å²) < 4.78 is 84.5. The van der Waals surface area contributed by atoms with E-state index >= 15 is 0 Å². The van der Waals surface area contributed by atoms with Crippen LogP contribution in [0.1, 0.15) is 42.5 Å². The van der Waals surface area contributed by atoms with Gasteiger partial charge in [-0.2, -0.15) is 31.6 Å². The van der Waals surface area contributed by atoms with E-state index < -0.39 is 63.3 Å². The number of nitriles is 1. The number of benzene rings is 2. The second-order valence-electron chi connectivity index (χ2n) is 8.72. The summed E-state index contributed by atoms with van der Waals surface area (Å²) in [4.78, 5) is 26.2. The fourth-order valence-corrected chi connectivity index (χ4v) is 4.64. The van der Waals surface area contributed by atoms with E-state index in [9.17, 15) is 35.9 Å². The number of alkyl halides is 6. The summed E-state index contributed by atoms with van der Waals surface area (Å²) >= 11 is 5.93. The minimum Gasteiger partial charge on any atom is -0.465 e. The molecule has 0 radical (unpaired) electrons. The highest BCUT2D eigenvalue weighted by atomic mass is 35.5. The first-order valence-corrected chi connectivity index (χ1v) is 11.4. The first-order chi connectivity index (χ1) is 17.6. The smallest absolute Gasteiger partial charge is 0.417 e. The number of carbonyl (C=O) groups is 2. The lowest BCUT2D eigenvalue weighted by atomic mass is 9.66. The molecule has 2 aromatic rings. The Morgan fingerprint density at radius 3 is 2.29 bits per heavy atom. The molecule has 204 valence electrons. The van der Waals surface area contributed by atoms with Gasteiger partial charge in [-0.3, -0.25) is 15.0 Å². The zero-order valence-electron chi connectivity index (χ0n) is 19.9. The van der Waals surface area contributed by atoms with Crippen molar-refractivity contribution in [1.29, 1.82) is 5.26 Å². The minimum absolute atomic E-state index is 0.0209. The summed E-state index contributed by atoms with van der Waals surface area (Å²) in [7, 11) is 0. The predicted molar refractivity (Wildman–Crippen MR) is 123 cm³/mol. The average molecular weight is 563 g/mol. The zero-order chi connectivity index (χ0) is 28.5. The highest BCUT2D eigenvalue weighted by Gasteiger charge is 2.60. The standard InChI is InChI=1S/C24H21ClF6N4O3/c1-3-38-20(37)21(2)12-33-35-22(21,14-4-6-17(18(25)9-14)24(29,30)31)10-19(36)34-15-5-7-16(23(26,27)28)13(8-15)11-32/h4-9,33,35H,3,10,12H2,1-2H3,(H,34,36). The van der Waals surface area contributed by atoms with E-state index in [0.717, 1.165) is 30.3 Å². The molecule has 2 atom stereocenters. The molecule has 3 N–H and O–H groups in total. The number of anilines is 1. The van der Waals surface area contributed by atoms with Gasteiger partial charge in [-0.25, -0.2) is 5.43 Å². The van der Waals surface area contributed by atoms with Crippen LogP contribution in [-0.4, -0.2) is 25.0 Å². The lowest BCUT2D eigenvalue weighted by Gasteiger charge is -2.40. The van der Waals surface area contributed by atoms with Gasteiger partial charge < -0.3 is 10.1 Å². The SMILES string of the molecule is CCOC(=O)C1(C)CNNC1(CC(=O)Nc1ccc(C(F)(F)F)c(C#N)c1)c1ccc(C(F)(F)F)c(Cl)c1. The van der Waals surface area contributed by atoms with Crippen LogP contribution in [0, 0.1) is 16.7 Å². The van der Waals surface area contributed by atoms with Gasteiger partial charge in [0.05, 0.1) is 46.3 Å². The van der Waals surface area contributed by atoms with Crippen LogP contribution in [-0.2, 0) is 32.2 Å². The summed E-state index contributed by atoms with van der Waals surface area (Å²) in [5.74, 6) is -1.58. The quantitative estimate of drug-likeness (QED) is 0.332. The first kappa shape index (κ1) is 29.2. The summed E-state index contributed by atoms with van der Waals surface area (Å²) in [6, 6.07) is 6.64. The average Bonchev–Trinajstić information content (AvgIpc) is 3.15. The number of hydrazine groups is 1. The predicted octanol–water partition coefficient (Wildman–Crippen LogP) is 5.15. The molecular formula is C24H21ClF6N4O3. The third-order valence-electron chi connectivity index (χ3n) is 6.33. The van der Waals surface area contributed by atoms with Crippen molar-refractivity contribution in [3.05, 3.63) is 63.7 Å². The van der Waals surface area contributed by atoms with Crippen molar-refractivity contribution in [2.75, 3.05) is 18.5 Å². The van der Waals surface area contributed by atoms with Crippen LogP contribution in [0.5, 0.6) is 0 Å². The highest BCUT2D eigenvalue weighted by Crippen LogP contribution is 2.48. The molecule has 1 aliphatic heterocycles. The van der Waals surface area contributed by atoms with Crippen molar-refractivity contribution in [1.82, 2.24) is 10.9 Å². The number of nitrogens with one attached hydrogen (secondary N) is 3. The van der Waals surface area contributed by atoms with Crippen LogP contribution in [0.3, 0.4) is 0 Å². The molecule has 2 unspecified atom stereocenters. The molecule has 3 rings (SSSR count). The van der Waals surface area contributed by atoms with Crippen LogP contribution >= 0.6 is 11.6 Å². The fraction of sp³-hybridized carbons (Fsp3) is 0.375. The lowest BCUT2D eigenvalue weighted by Crippen LogP contribution is -2.55. The molecule has 0 saturated carbocycles. The molecule has 2 aromatic carbocycles. The van der Waals surface area contributed by atoms with Crippen molar-refractivity contribution in [2.24, 2.45) is 5.41 Å². The second-order valence-corrected chi connectivity index (χ2v) is 9.13. The topological polar surface area (TPSA) is 103 Å². The molecule has 0 aromatic heterocycles. The van der Waals surface area contributed by atoms with Crippen LogP contribution in [0.2, 0.25) is 5.02 Å². The normalized spacial score (nSPS) is 21.6. The van der Waals surface area contributed by atoms with Crippen molar-refractivity contribution < 1.29 is 40.7 Å². The Morgan fingerprint density at radius 1 is 1.11 bits per heavy atom. The van der Waals surface area contributed by atoms with Gasteiger partial charge in [-0.1, -0.05) is 17.7 Å². The maximum atomic E-state index is 13.3. The van der Waals surface area contributed by atoms with Crippen molar-refractivity contribution >= 4 is 29.2 Å². The maximum absolute atomic E-state index is 13.3. The minimum atomic E-state index is -4.79. The molecule has 1 heterocycles. The number of carbonyl (C=O) groups excluding carboxylic acids is 2. The van der Waals surface area contributed by atoms with Crippen molar-refractivity contribution in [2.45, 2.75) is 38.2 Å². The Hall–Kier alpha value is -3.34. The van der Waals surface area contributed by atoms with E-state index in [1.165, 1.54) is 13.0 Å². The fourth-order valence-electron chi connectivity index (χ4n) is 4.35. The Balaban J connectivity index is 2.05. The molecule has 1 fully saturated rings. The summed E-state index contributed by atoms with van der Waals surface area (Å²) in [5, 5.41) is 10.8. The zero-order valence-corrected chi connectivity index (χ0v) is 20.7. The molecule has 0 bridgehead atoms. The second kappa shape index (κ2) is 10.4. The van der Waals surface area contributed by atoms with E-state index in [1.807, 2.05) is 0 Å². The van der Waals surface area contributed by atoms with Gasteiger partial charge >= 0.3 is 18.3 Å². The van der Waals surface area contributed by atoms with Crippen LogP contribution in [0.4, 0.5) is 32.0 Å². The number of hydrogen-bond donors (Lipinski definition) is 3. The number of halogens is 7. The summed E-state index contributed by atoms with van der Waals surface area (Å²) in [6.45, 7) is 2.89. The monoisotopic (exact) mass is 562 g/mol. The number of rotatable bonds is 6. The number of hydrogen-bond acceptors (Lipinski definition) is 6. The van der Waals surface area contributed by atoms with Gasteiger partial charge in [0.1, 0.15) is 5.41 Å². The van der Waals surface area contributed by atoms with Gasteiger partial charge in [0.25, 0.3) is 0 Å². The highest BCUT2D eigenvalue weighted by molar-refractivity contribution is 6.31. The summed E-state index contributed by atoms with van der Waals surface area (Å²) in [6.07, 6.45) is -10.1. The molecule has 7 nitrogen and oxygen atoms in total. The number of esters is 1. The van der Waals surface area contributed by atoms with E-state index in [0.29, 0.717) is 6.07 Å². The van der Waals surface area contributed by atoms with E-state index in [2.05, 4.69) is 16.2 Å². The maximum Gasteiger partial charge on any atom is 0.417 e. The molecule has 0 aliphatic carbocycles. The molecule has 14 heteroatoms. The third-order valence-corrected chi connectivity index (χ3v) is 6.65. The van der Waals surface area contributed by atoms with Crippen LogP contribution in [0.15, 0.2) is 36.4 Å².